The van der Waals surface area contributed by atoms with Crippen LogP contribution in [0.1, 0.15) is 43.2 Å². The van der Waals surface area contributed by atoms with Gasteiger partial charge in [-0.25, -0.2) is 13.1 Å². The molecule has 1 fully saturated rings. The van der Waals surface area contributed by atoms with Crippen LogP contribution < -0.4 is 10.0 Å². The van der Waals surface area contributed by atoms with Gasteiger partial charge in [0, 0.05) is 24.0 Å². The normalized spacial score (nSPS) is 17.6. The number of unbranched alkanes of at least 4 members (excludes halogenated alkanes) is 1. The molecule has 0 radical (unpaired) electrons. The summed E-state index contributed by atoms with van der Waals surface area (Å²) in [6.07, 6.45) is 5.00. The molecule has 0 aromatic heterocycles. The third kappa shape index (κ3) is 7.60. The van der Waals surface area contributed by atoms with Crippen LogP contribution in [0.25, 0.3) is 0 Å². The molecule has 1 aromatic carbocycles. The summed E-state index contributed by atoms with van der Waals surface area (Å²) in [6, 6.07) is 7.31. The minimum absolute atomic E-state index is 0.0275. The molecule has 0 spiro atoms. The standard InChI is InChI=1S/C17H26N2O3S3/c1-18-25(21,22)13-15-7-3-2-6-14(15)12-19-17(20)9-5-4-8-16-10-11-23-24-16/h2-3,6-7,16,18H,4-5,8-13H2,1H3,(H,19,20). The second-order valence-corrected chi connectivity index (χ2v) is 10.8. The second-order valence-electron chi connectivity index (χ2n) is 6.08. The van der Waals surface area contributed by atoms with Crippen LogP contribution in [-0.4, -0.2) is 32.4 Å². The average molecular weight is 403 g/mol. The highest BCUT2D eigenvalue weighted by Crippen LogP contribution is 2.39. The van der Waals surface area contributed by atoms with Crippen molar-refractivity contribution in [2.75, 3.05) is 12.8 Å². The molecule has 1 aromatic rings. The first-order chi connectivity index (χ1) is 12.0. The van der Waals surface area contributed by atoms with Crippen LogP contribution in [0.15, 0.2) is 24.3 Å². The number of rotatable bonds is 10. The average Bonchev–Trinajstić information content (AvgIpc) is 3.11. The summed E-state index contributed by atoms with van der Waals surface area (Å²) >= 11 is 0. The maximum absolute atomic E-state index is 12.0. The van der Waals surface area contributed by atoms with Gasteiger partial charge >= 0.3 is 0 Å². The zero-order chi connectivity index (χ0) is 18.1. The molecular formula is C17H26N2O3S3. The summed E-state index contributed by atoms with van der Waals surface area (Å²) < 4.78 is 25.8. The summed E-state index contributed by atoms with van der Waals surface area (Å²) in [7, 11) is 2.01. The van der Waals surface area contributed by atoms with Gasteiger partial charge in [0.1, 0.15) is 0 Å². The molecule has 25 heavy (non-hydrogen) atoms. The maximum atomic E-state index is 12.0. The third-order valence-electron chi connectivity index (χ3n) is 4.16. The largest absolute Gasteiger partial charge is 0.352 e. The molecule has 1 atom stereocenters. The number of hydrogen-bond acceptors (Lipinski definition) is 5. The number of sulfonamides is 1. The lowest BCUT2D eigenvalue weighted by atomic mass is 10.1. The second kappa shape index (κ2) is 10.4. The van der Waals surface area contributed by atoms with Gasteiger partial charge < -0.3 is 5.32 Å². The van der Waals surface area contributed by atoms with Crippen LogP contribution in [0.3, 0.4) is 0 Å². The lowest BCUT2D eigenvalue weighted by Gasteiger charge is -2.11. The zero-order valence-electron chi connectivity index (χ0n) is 14.5. The molecule has 0 saturated carbocycles. The van der Waals surface area contributed by atoms with Gasteiger partial charge in [0.2, 0.25) is 15.9 Å². The van der Waals surface area contributed by atoms with E-state index < -0.39 is 10.0 Å². The van der Waals surface area contributed by atoms with E-state index in [1.165, 1.54) is 25.6 Å². The summed E-state index contributed by atoms with van der Waals surface area (Å²) in [6.45, 7) is 0.364. The Labute approximate surface area is 158 Å². The molecule has 1 aliphatic heterocycles. The van der Waals surface area contributed by atoms with Crippen LogP contribution >= 0.6 is 21.6 Å². The molecule has 2 N–H and O–H groups in total. The van der Waals surface area contributed by atoms with Crippen LogP contribution in [-0.2, 0) is 27.1 Å². The van der Waals surface area contributed by atoms with E-state index in [2.05, 4.69) is 10.0 Å². The molecule has 1 saturated heterocycles. The first-order valence-electron chi connectivity index (χ1n) is 8.53. The Morgan fingerprint density at radius 1 is 1.24 bits per heavy atom. The lowest BCUT2D eigenvalue weighted by Crippen LogP contribution is -2.25. The van der Waals surface area contributed by atoms with Gasteiger partial charge in [-0.05, 0) is 37.4 Å². The Morgan fingerprint density at radius 3 is 2.68 bits per heavy atom. The summed E-state index contributed by atoms with van der Waals surface area (Å²) in [4.78, 5) is 12.0. The van der Waals surface area contributed by atoms with E-state index in [1.54, 1.807) is 6.07 Å². The molecule has 0 bridgehead atoms. The maximum Gasteiger partial charge on any atom is 0.220 e. The highest BCUT2D eigenvalue weighted by molar-refractivity contribution is 8.77. The highest BCUT2D eigenvalue weighted by Gasteiger charge is 2.16. The molecule has 2 rings (SSSR count). The minimum Gasteiger partial charge on any atom is -0.352 e. The van der Waals surface area contributed by atoms with E-state index in [0.717, 1.165) is 23.7 Å². The smallest absolute Gasteiger partial charge is 0.220 e. The Balaban J connectivity index is 1.73. The zero-order valence-corrected chi connectivity index (χ0v) is 16.9. The van der Waals surface area contributed by atoms with Crippen molar-refractivity contribution in [2.24, 2.45) is 0 Å². The number of nitrogens with one attached hydrogen (secondary N) is 2. The molecule has 140 valence electrons. The summed E-state index contributed by atoms with van der Waals surface area (Å²) in [5.41, 5.74) is 1.56. The number of amides is 1. The monoisotopic (exact) mass is 402 g/mol. The highest BCUT2D eigenvalue weighted by atomic mass is 33.1. The van der Waals surface area contributed by atoms with Gasteiger partial charge in [-0.1, -0.05) is 52.3 Å². The van der Waals surface area contributed by atoms with Gasteiger partial charge in [-0.15, -0.1) is 0 Å². The van der Waals surface area contributed by atoms with Crippen molar-refractivity contribution in [3.8, 4) is 0 Å². The molecule has 0 aliphatic carbocycles. The van der Waals surface area contributed by atoms with Crippen LogP contribution in [0.2, 0.25) is 0 Å². The van der Waals surface area contributed by atoms with Gasteiger partial charge in [-0.2, -0.15) is 0 Å². The minimum atomic E-state index is -3.33. The molecule has 8 heteroatoms. The van der Waals surface area contributed by atoms with Crippen LogP contribution in [0.4, 0.5) is 0 Å². The number of carbonyl (C=O) groups is 1. The molecule has 1 aliphatic rings. The molecule has 5 nitrogen and oxygen atoms in total. The van der Waals surface area contributed by atoms with Gasteiger partial charge in [0.05, 0.1) is 5.75 Å². The molecule has 1 unspecified atom stereocenters. The first-order valence-corrected chi connectivity index (χ1v) is 12.6. The van der Waals surface area contributed by atoms with E-state index in [1.807, 2.05) is 39.8 Å². The van der Waals surface area contributed by atoms with E-state index >= 15 is 0 Å². The lowest BCUT2D eigenvalue weighted by molar-refractivity contribution is -0.121. The van der Waals surface area contributed by atoms with Crippen molar-refractivity contribution in [3.05, 3.63) is 35.4 Å². The SMILES string of the molecule is CNS(=O)(=O)Cc1ccccc1CNC(=O)CCCCC1CCSS1. The first kappa shape index (κ1) is 20.6. The van der Waals surface area contributed by atoms with Gasteiger partial charge in [0.15, 0.2) is 0 Å². The number of carbonyl (C=O) groups excluding carboxylic acids is 1. The van der Waals surface area contributed by atoms with Crippen LogP contribution in [0, 0.1) is 0 Å². The van der Waals surface area contributed by atoms with Crippen molar-refractivity contribution in [1.29, 1.82) is 0 Å². The Kier molecular flexibility index (Phi) is 8.61. The topological polar surface area (TPSA) is 75.3 Å². The van der Waals surface area contributed by atoms with E-state index in [9.17, 15) is 13.2 Å². The van der Waals surface area contributed by atoms with E-state index in [-0.39, 0.29) is 11.7 Å². The van der Waals surface area contributed by atoms with Crippen molar-refractivity contribution in [2.45, 2.75) is 49.7 Å². The fourth-order valence-electron chi connectivity index (χ4n) is 2.65. The summed E-state index contributed by atoms with van der Waals surface area (Å²) in [5.74, 6) is 1.20. The molecule has 1 amide bonds. The Hall–Kier alpha value is -0.700. The summed E-state index contributed by atoms with van der Waals surface area (Å²) in [5, 5.41) is 3.67. The number of hydrogen-bond donors (Lipinski definition) is 2. The quantitative estimate of drug-likeness (QED) is 0.465. The Morgan fingerprint density at radius 2 is 2.00 bits per heavy atom. The third-order valence-corrected chi connectivity index (χ3v) is 8.48. The molecule has 1 heterocycles. The van der Waals surface area contributed by atoms with Crippen molar-refractivity contribution >= 4 is 37.5 Å². The van der Waals surface area contributed by atoms with Crippen molar-refractivity contribution in [3.63, 3.8) is 0 Å². The predicted molar refractivity (Wildman–Crippen MR) is 107 cm³/mol. The van der Waals surface area contributed by atoms with Crippen LogP contribution in [0.5, 0.6) is 0 Å². The van der Waals surface area contributed by atoms with E-state index in [0.29, 0.717) is 18.5 Å². The van der Waals surface area contributed by atoms with Crippen molar-refractivity contribution < 1.29 is 13.2 Å². The predicted octanol–water partition coefficient (Wildman–Crippen LogP) is 3.07. The fourth-order valence-corrected chi connectivity index (χ4v) is 6.51. The fraction of sp³-hybridized carbons (Fsp3) is 0.588. The van der Waals surface area contributed by atoms with Crippen molar-refractivity contribution in [1.82, 2.24) is 10.0 Å². The van der Waals surface area contributed by atoms with Gasteiger partial charge in [-0.3, -0.25) is 4.79 Å². The molecular weight excluding hydrogens is 376 g/mol. The Bertz CT molecular complexity index is 659. The number of benzene rings is 1. The van der Waals surface area contributed by atoms with E-state index in [4.69, 9.17) is 0 Å². The van der Waals surface area contributed by atoms with Gasteiger partial charge in [0.25, 0.3) is 0 Å².